The van der Waals surface area contributed by atoms with Gasteiger partial charge in [-0.2, -0.15) is 5.06 Å². The van der Waals surface area contributed by atoms with Gasteiger partial charge in [0.15, 0.2) is 5.79 Å². The van der Waals surface area contributed by atoms with Gasteiger partial charge >= 0.3 is 0 Å². The lowest BCUT2D eigenvalue weighted by Crippen LogP contribution is -2.49. The molecule has 0 saturated carbocycles. The number of ether oxygens (including phenoxy) is 3. The lowest BCUT2D eigenvalue weighted by molar-refractivity contribution is -0.224. The molecule has 0 spiro atoms. The number of nitrogens with zero attached hydrogens (tertiary/aromatic N) is 1. The molecule has 2 atom stereocenters. The second kappa shape index (κ2) is 8.31. The largest absolute Gasteiger partial charge is 0.496 e. The average Bonchev–Trinajstić information content (AvgIpc) is 2.94. The van der Waals surface area contributed by atoms with Gasteiger partial charge < -0.3 is 14.2 Å². The van der Waals surface area contributed by atoms with Crippen molar-refractivity contribution in [2.75, 3.05) is 19.8 Å². The second-order valence-electron chi connectivity index (χ2n) is 8.93. The molecule has 2 aliphatic rings. The highest BCUT2D eigenvalue weighted by atomic mass is 16.8. The molecule has 2 heterocycles. The van der Waals surface area contributed by atoms with Crippen molar-refractivity contribution in [3.8, 4) is 0 Å². The highest BCUT2D eigenvalue weighted by Crippen LogP contribution is 2.32. The van der Waals surface area contributed by atoms with E-state index in [4.69, 9.17) is 19.0 Å². The lowest BCUT2D eigenvalue weighted by Gasteiger charge is -2.38. The van der Waals surface area contributed by atoms with Crippen LogP contribution in [0.25, 0.3) is 0 Å². The van der Waals surface area contributed by atoms with Crippen LogP contribution < -0.4 is 0 Å². The minimum Gasteiger partial charge on any atom is -0.496 e. The summed E-state index contributed by atoms with van der Waals surface area (Å²) in [6.45, 7) is 13.0. The molecule has 5 nitrogen and oxygen atoms in total. The van der Waals surface area contributed by atoms with Gasteiger partial charge in [-0.25, -0.2) is 0 Å². The van der Waals surface area contributed by atoms with Crippen LogP contribution in [0.5, 0.6) is 0 Å². The Kier molecular flexibility index (Phi) is 6.26. The van der Waals surface area contributed by atoms with Crippen LogP contribution >= 0.6 is 0 Å². The Labute approximate surface area is 163 Å². The minimum absolute atomic E-state index is 0.124. The predicted octanol–water partition coefficient (Wildman–Crippen LogP) is 4.29. The van der Waals surface area contributed by atoms with Crippen molar-refractivity contribution >= 4 is 0 Å². The quantitative estimate of drug-likeness (QED) is 0.742. The maximum absolute atomic E-state index is 6.22. The van der Waals surface area contributed by atoms with Crippen LogP contribution in [0.1, 0.15) is 46.6 Å². The third-order valence-electron chi connectivity index (χ3n) is 4.81. The normalized spacial score (nSPS) is 26.0. The summed E-state index contributed by atoms with van der Waals surface area (Å²) < 4.78 is 18.2. The SMILES string of the molecule is CC(C)(C)CCOC1=CCON(Cc2ccccc2)[C@H]1[C@H]1COC(C)(C)O1. The van der Waals surface area contributed by atoms with Crippen LogP contribution in [-0.4, -0.2) is 42.8 Å². The maximum atomic E-state index is 6.22. The molecule has 1 fully saturated rings. The fraction of sp³-hybridized carbons (Fsp3) is 0.636. The summed E-state index contributed by atoms with van der Waals surface area (Å²) in [5.74, 6) is 0.338. The zero-order valence-corrected chi connectivity index (χ0v) is 17.2. The van der Waals surface area contributed by atoms with Crippen molar-refractivity contribution in [3.63, 3.8) is 0 Å². The summed E-state index contributed by atoms with van der Waals surface area (Å²) in [5, 5.41) is 1.98. The van der Waals surface area contributed by atoms with Crippen molar-refractivity contribution in [2.45, 2.75) is 65.5 Å². The summed E-state index contributed by atoms with van der Waals surface area (Å²) in [4.78, 5) is 5.99. The molecule has 1 aromatic rings. The van der Waals surface area contributed by atoms with Crippen LogP contribution in [0.4, 0.5) is 0 Å². The third-order valence-corrected chi connectivity index (χ3v) is 4.81. The Morgan fingerprint density at radius 2 is 1.93 bits per heavy atom. The van der Waals surface area contributed by atoms with Gasteiger partial charge in [-0.3, -0.25) is 4.84 Å². The Hall–Kier alpha value is -1.40. The van der Waals surface area contributed by atoms with Gasteiger partial charge in [0.05, 0.1) is 26.4 Å². The molecule has 1 aromatic carbocycles. The number of hydrogen-bond acceptors (Lipinski definition) is 5. The number of benzene rings is 1. The molecule has 0 amide bonds. The summed E-state index contributed by atoms with van der Waals surface area (Å²) in [7, 11) is 0. The first-order chi connectivity index (χ1) is 12.7. The molecular formula is C22H33NO4. The Bertz CT molecular complexity index is 635. The molecule has 0 aliphatic carbocycles. The zero-order chi connectivity index (χ0) is 19.5. The van der Waals surface area contributed by atoms with Crippen LogP contribution in [0.15, 0.2) is 42.2 Å². The summed E-state index contributed by atoms with van der Waals surface area (Å²) in [6.07, 6.45) is 2.89. The molecule has 150 valence electrons. The van der Waals surface area contributed by atoms with Gasteiger partial charge in [-0.1, -0.05) is 51.1 Å². The first-order valence-corrected chi connectivity index (χ1v) is 9.82. The molecule has 0 radical (unpaired) electrons. The van der Waals surface area contributed by atoms with E-state index in [1.165, 1.54) is 5.56 Å². The summed E-state index contributed by atoms with van der Waals surface area (Å²) in [5.41, 5.74) is 1.43. The highest BCUT2D eigenvalue weighted by molar-refractivity contribution is 5.16. The van der Waals surface area contributed by atoms with E-state index in [0.29, 0.717) is 26.4 Å². The van der Waals surface area contributed by atoms with Crippen LogP contribution in [0.2, 0.25) is 0 Å². The minimum atomic E-state index is -0.586. The van der Waals surface area contributed by atoms with Crippen LogP contribution in [0.3, 0.4) is 0 Å². The molecule has 3 rings (SSSR count). The first kappa shape index (κ1) is 20.3. The van der Waals surface area contributed by atoms with E-state index in [-0.39, 0.29) is 17.6 Å². The molecular weight excluding hydrogens is 342 g/mol. The van der Waals surface area contributed by atoms with E-state index in [1.54, 1.807) is 0 Å². The Balaban J connectivity index is 1.75. The first-order valence-electron chi connectivity index (χ1n) is 9.82. The maximum Gasteiger partial charge on any atom is 0.163 e. The number of rotatable bonds is 6. The molecule has 2 aliphatic heterocycles. The van der Waals surface area contributed by atoms with Gasteiger partial charge in [-0.05, 0) is 37.3 Å². The monoisotopic (exact) mass is 375 g/mol. The molecule has 0 aromatic heterocycles. The van der Waals surface area contributed by atoms with E-state index in [9.17, 15) is 0 Å². The standard InChI is InChI=1S/C22H33NO4/c1-21(2,3)12-14-24-18-11-13-26-23(15-17-9-7-6-8-10-17)20(18)19-16-25-22(4,5)27-19/h6-11,19-20H,12-16H2,1-5H3/t19-,20-/m1/s1. The predicted molar refractivity (Wildman–Crippen MR) is 105 cm³/mol. The van der Waals surface area contributed by atoms with Crippen molar-refractivity contribution < 1.29 is 19.0 Å². The Morgan fingerprint density at radius 3 is 2.56 bits per heavy atom. The molecule has 5 heteroatoms. The van der Waals surface area contributed by atoms with Gasteiger partial charge in [0.25, 0.3) is 0 Å². The van der Waals surface area contributed by atoms with Crippen molar-refractivity contribution in [1.82, 2.24) is 5.06 Å². The van der Waals surface area contributed by atoms with Crippen LogP contribution in [0, 0.1) is 5.41 Å². The zero-order valence-electron chi connectivity index (χ0n) is 17.2. The van der Waals surface area contributed by atoms with E-state index in [0.717, 1.165) is 12.2 Å². The summed E-state index contributed by atoms with van der Waals surface area (Å²) >= 11 is 0. The van der Waals surface area contributed by atoms with Gasteiger partial charge in [0.1, 0.15) is 17.9 Å². The van der Waals surface area contributed by atoms with Crippen molar-refractivity contribution in [3.05, 3.63) is 47.7 Å². The lowest BCUT2D eigenvalue weighted by atomic mass is 9.93. The van der Waals surface area contributed by atoms with E-state index in [1.807, 2.05) is 43.2 Å². The third kappa shape index (κ3) is 5.79. The van der Waals surface area contributed by atoms with Crippen LogP contribution in [-0.2, 0) is 25.6 Å². The van der Waals surface area contributed by atoms with E-state index < -0.39 is 5.79 Å². The smallest absolute Gasteiger partial charge is 0.163 e. The molecule has 1 saturated heterocycles. The van der Waals surface area contributed by atoms with Crippen molar-refractivity contribution in [1.29, 1.82) is 0 Å². The van der Waals surface area contributed by atoms with E-state index in [2.05, 4.69) is 32.9 Å². The fourth-order valence-corrected chi connectivity index (χ4v) is 3.32. The molecule has 0 unspecified atom stereocenters. The van der Waals surface area contributed by atoms with E-state index >= 15 is 0 Å². The Morgan fingerprint density at radius 1 is 1.19 bits per heavy atom. The van der Waals surface area contributed by atoms with Gasteiger partial charge in [-0.15, -0.1) is 0 Å². The molecule has 27 heavy (non-hydrogen) atoms. The van der Waals surface area contributed by atoms with Crippen molar-refractivity contribution in [2.24, 2.45) is 5.41 Å². The molecule has 0 N–H and O–H groups in total. The molecule has 0 bridgehead atoms. The highest BCUT2D eigenvalue weighted by Gasteiger charge is 2.44. The second-order valence-corrected chi connectivity index (χ2v) is 8.93. The average molecular weight is 376 g/mol. The number of hydroxylamine groups is 2. The van der Waals surface area contributed by atoms with Gasteiger partial charge in [0.2, 0.25) is 0 Å². The number of hydrogen-bond donors (Lipinski definition) is 0. The topological polar surface area (TPSA) is 40.2 Å². The summed E-state index contributed by atoms with van der Waals surface area (Å²) in [6, 6.07) is 10.2. The fourth-order valence-electron chi connectivity index (χ4n) is 3.32. The van der Waals surface area contributed by atoms with Gasteiger partial charge in [0, 0.05) is 0 Å².